The molecule has 1 N–H and O–H groups in total. The van der Waals surface area contributed by atoms with E-state index in [1.165, 1.54) is 21.2 Å². The Balaban J connectivity index is 1.85. The molecule has 3 aromatic rings. The van der Waals surface area contributed by atoms with Crippen LogP contribution in [0.5, 0.6) is 11.6 Å². The summed E-state index contributed by atoms with van der Waals surface area (Å²) < 4.78 is 39.6. The Morgan fingerprint density at radius 1 is 1.12 bits per heavy atom. The Bertz CT molecular complexity index is 1370. The fourth-order valence-electron chi connectivity index (χ4n) is 3.57. The maximum Gasteiger partial charge on any atom is 0.301 e. The van der Waals surface area contributed by atoms with Crippen molar-refractivity contribution in [2.75, 3.05) is 37.9 Å². The minimum Gasteiger partial charge on any atom is -0.479 e. The van der Waals surface area contributed by atoms with Gasteiger partial charge in [0.2, 0.25) is 5.88 Å². The monoisotopic (exact) mass is 471 g/mol. The van der Waals surface area contributed by atoms with E-state index in [9.17, 15) is 13.2 Å². The third-order valence-corrected chi connectivity index (χ3v) is 6.87. The number of carbonyl (C=O) groups is 1. The van der Waals surface area contributed by atoms with Crippen LogP contribution in [0.15, 0.2) is 36.7 Å². The second-order valence-electron chi connectivity index (χ2n) is 8.35. The number of nitrogens with one attached hydrogen (secondary N) is 1. The molecule has 0 radical (unpaired) electrons. The molecule has 3 heterocycles. The zero-order valence-electron chi connectivity index (χ0n) is 19.2. The van der Waals surface area contributed by atoms with Crippen LogP contribution in [0, 0.1) is 0 Å². The number of fused-ring (bicyclic) bond motifs is 3. The Hall–Kier alpha value is -3.44. The van der Waals surface area contributed by atoms with E-state index in [1.54, 1.807) is 44.3 Å². The highest BCUT2D eigenvalue weighted by molar-refractivity contribution is 7.90. The lowest BCUT2D eigenvalue weighted by atomic mass is 10.0. The van der Waals surface area contributed by atoms with E-state index in [0.717, 1.165) is 15.3 Å². The second kappa shape index (κ2) is 7.85. The number of methoxy groups -OCH3 is 1. The lowest BCUT2D eigenvalue weighted by molar-refractivity contribution is -0.132. The van der Waals surface area contributed by atoms with Gasteiger partial charge in [0.05, 0.1) is 18.8 Å². The van der Waals surface area contributed by atoms with Crippen molar-refractivity contribution < 1.29 is 22.7 Å². The van der Waals surface area contributed by atoms with Gasteiger partial charge in [-0.05, 0) is 37.6 Å². The Morgan fingerprint density at radius 2 is 1.85 bits per heavy atom. The van der Waals surface area contributed by atoms with Crippen LogP contribution in [0.3, 0.4) is 0 Å². The summed E-state index contributed by atoms with van der Waals surface area (Å²) in [6.45, 7) is 3.45. The zero-order valence-corrected chi connectivity index (χ0v) is 20.0. The first-order valence-corrected chi connectivity index (χ1v) is 11.5. The van der Waals surface area contributed by atoms with Crippen molar-refractivity contribution in [1.29, 1.82) is 0 Å². The summed E-state index contributed by atoms with van der Waals surface area (Å²) in [5.74, 6) is 0.544. The molecule has 0 aliphatic carbocycles. The minimum atomic E-state index is -3.76. The Labute approximate surface area is 192 Å². The van der Waals surface area contributed by atoms with Gasteiger partial charge >= 0.3 is 10.2 Å². The van der Waals surface area contributed by atoms with Crippen molar-refractivity contribution in [2.24, 2.45) is 0 Å². The van der Waals surface area contributed by atoms with E-state index in [0.29, 0.717) is 22.5 Å². The van der Waals surface area contributed by atoms with Gasteiger partial charge in [-0.3, -0.25) is 14.5 Å². The lowest BCUT2D eigenvalue weighted by Gasteiger charge is -2.37. The largest absolute Gasteiger partial charge is 0.479 e. The molecular weight excluding hydrogens is 446 g/mol. The van der Waals surface area contributed by atoms with E-state index < -0.39 is 15.8 Å². The summed E-state index contributed by atoms with van der Waals surface area (Å²) >= 11 is 0. The third kappa shape index (κ3) is 3.93. The van der Waals surface area contributed by atoms with E-state index in [1.807, 2.05) is 18.2 Å². The average Bonchev–Trinajstić information content (AvgIpc) is 2.76. The highest BCUT2D eigenvalue weighted by Crippen LogP contribution is 2.42. The van der Waals surface area contributed by atoms with Crippen molar-refractivity contribution in [3.8, 4) is 22.8 Å². The highest BCUT2D eigenvalue weighted by Gasteiger charge is 2.40. The molecule has 0 atom stereocenters. The number of likely N-dealkylation sites (N-methyl/N-ethyl adjacent to an activating group) is 1. The molecule has 33 heavy (non-hydrogen) atoms. The van der Waals surface area contributed by atoms with Crippen LogP contribution in [-0.2, 0) is 15.0 Å². The maximum absolute atomic E-state index is 12.6. The number of amides is 1. The molecule has 4 rings (SSSR count). The van der Waals surface area contributed by atoms with Gasteiger partial charge in [0.15, 0.2) is 11.4 Å². The number of ether oxygens (including phenoxy) is 2. The molecule has 2 aromatic heterocycles. The number of carbonyl (C=O) groups excluding carboxylic acids is 1. The number of nitrogens with zero attached hydrogens (tertiary/aromatic N) is 4. The predicted octanol–water partition coefficient (Wildman–Crippen LogP) is 2.66. The van der Waals surface area contributed by atoms with Crippen molar-refractivity contribution in [3.63, 3.8) is 0 Å². The summed E-state index contributed by atoms with van der Waals surface area (Å²) in [6.07, 6.45) is 3.21. The van der Waals surface area contributed by atoms with Crippen molar-refractivity contribution >= 4 is 38.4 Å². The molecule has 0 saturated heterocycles. The number of anilines is 2. The second-order valence-corrected chi connectivity index (χ2v) is 10.2. The van der Waals surface area contributed by atoms with Crippen LogP contribution in [0.4, 0.5) is 11.4 Å². The van der Waals surface area contributed by atoms with Crippen LogP contribution < -0.4 is 19.1 Å². The van der Waals surface area contributed by atoms with Gasteiger partial charge in [0, 0.05) is 38.3 Å². The number of benzene rings is 1. The van der Waals surface area contributed by atoms with E-state index in [2.05, 4.69) is 14.7 Å². The number of hydrogen-bond acceptors (Lipinski definition) is 7. The van der Waals surface area contributed by atoms with Gasteiger partial charge in [0.25, 0.3) is 5.91 Å². The Morgan fingerprint density at radius 3 is 2.52 bits per heavy atom. The summed E-state index contributed by atoms with van der Waals surface area (Å²) in [4.78, 5) is 22.9. The molecule has 10 nitrogen and oxygen atoms in total. The summed E-state index contributed by atoms with van der Waals surface area (Å²) in [5.41, 5.74) is 1.89. The molecule has 1 aliphatic heterocycles. The first-order chi connectivity index (χ1) is 15.4. The SMILES string of the molecule is COc1ncc(-c2ccc3ncc4c(c3c2)OC(C)(C)C(=O)N4C)cc1NS(=O)(=O)N(C)C. The average molecular weight is 472 g/mol. The summed E-state index contributed by atoms with van der Waals surface area (Å²) in [5, 5.41) is 0.726. The molecule has 11 heteroatoms. The molecule has 174 valence electrons. The molecule has 1 aliphatic rings. The fraction of sp³-hybridized carbons (Fsp3) is 0.318. The van der Waals surface area contributed by atoms with E-state index in [4.69, 9.17) is 9.47 Å². The van der Waals surface area contributed by atoms with Gasteiger partial charge in [0.1, 0.15) is 11.4 Å². The van der Waals surface area contributed by atoms with Crippen LogP contribution in [0.1, 0.15) is 13.8 Å². The normalized spacial score (nSPS) is 15.4. The number of hydrogen-bond donors (Lipinski definition) is 1. The predicted molar refractivity (Wildman–Crippen MR) is 126 cm³/mol. The Kier molecular flexibility index (Phi) is 5.41. The van der Waals surface area contributed by atoms with Crippen molar-refractivity contribution in [2.45, 2.75) is 19.4 Å². The van der Waals surface area contributed by atoms with Gasteiger partial charge in [-0.2, -0.15) is 12.7 Å². The smallest absolute Gasteiger partial charge is 0.301 e. The van der Waals surface area contributed by atoms with Crippen molar-refractivity contribution in [1.82, 2.24) is 14.3 Å². The zero-order chi connectivity index (χ0) is 24.1. The van der Waals surface area contributed by atoms with Gasteiger partial charge in [-0.15, -0.1) is 0 Å². The number of aromatic nitrogens is 2. The maximum atomic E-state index is 12.6. The third-order valence-electron chi connectivity index (χ3n) is 5.44. The lowest BCUT2D eigenvalue weighted by Crippen LogP contribution is -2.51. The first-order valence-electron chi connectivity index (χ1n) is 10.1. The first kappa shape index (κ1) is 22.7. The molecule has 0 spiro atoms. The molecular formula is C22H25N5O5S. The fourth-order valence-corrected chi connectivity index (χ4v) is 4.18. The van der Waals surface area contributed by atoms with E-state index >= 15 is 0 Å². The standard InChI is InChI=1S/C22H25N5O5S/c1-22(2)21(28)27(5)18-12-23-16-8-7-13(9-15(16)19(18)32-22)14-10-17(20(31-6)24-11-14)25-33(29,30)26(3)4/h7-12,25H,1-6H3. The minimum absolute atomic E-state index is 0.147. The van der Waals surface area contributed by atoms with Crippen molar-refractivity contribution in [3.05, 3.63) is 36.7 Å². The quantitative estimate of drug-likeness (QED) is 0.608. The van der Waals surface area contributed by atoms with Crippen LogP contribution in [-0.4, -0.2) is 62.5 Å². The molecule has 0 bridgehead atoms. The van der Waals surface area contributed by atoms with Gasteiger partial charge in [-0.25, -0.2) is 4.98 Å². The molecule has 1 aromatic carbocycles. The van der Waals surface area contributed by atoms with Gasteiger partial charge in [-0.1, -0.05) is 6.07 Å². The molecule has 1 amide bonds. The number of rotatable bonds is 5. The van der Waals surface area contributed by atoms with Crippen LogP contribution in [0.2, 0.25) is 0 Å². The molecule has 0 fully saturated rings. The van der Waals surface area contributed by atoms with Crippen LogP contribution in [0.25, 0.3) is 22.0 Å². The topological polar surface area (TPSA) is 114 Å². The van der Waals surface area contributed by atoms with Gasteiger partial charge < -0.3 is 14.4 Å². The summed E-state index contributed by atoms with van der Waals surface area (Å²) in [6, 6.07) is 7.23. The molecule has 0 saturated carbocycles. The van der Waals surface area contributed by atoms with Crippen LogP contribution >= 0.6 is 0 Å². The summed E-state index contributed by atoms with van der Waals surface area (Å²) in [7, 11) is 2.20. The van der Waals surface area contributed by atoms with E-state index in [-0.39, 0.29) is 17.5 Å². The highest BCUT2D eigenvalue weighted by atomic mass is 32.2. The molecule has 0 unspecified atom stereocenters. The number of pyridine rings is 2.